The van der Waals surface area contributed by atoms with Gasteiger partial charge in [0.15, 0.2) is 0 Å². The SMILES string of the molecule is CCCCP(=O)(Cc1ccc(C(=O)O)c(-c2ccccc2C)c1)CC1CCCCC1. The zero-order valence-corrected chi connectivity index (χ0v) is 19.3. The summed E-state index contributed by atoms with van der Waals surface area (Å²) in [6.07, 6.45) is 10.6. The van der Waals surface area contributed by atoms with E-state index in [-0.39, 0.29) is 0 Å². The third kappa shape index (κ3) is 5.85. The molecule has 0 spiro atoms. The molecule has 0 amide bonds. The lowest BCUT2D eigenvalue weighted by Crippen LogP contribution is -2.13. The summed E-state index contributed by atoms with van der Waals surface area (Å²) in [5, 5.41) is 9.72. The third-order valence-corrected chi connectivity index (χ3v) is 9.71. The summed E-state index contributed by atoms with van der Waals surface area (Å²) in [5.74, 6) is -0.327. The molecule has 1 N–H and O–H groups in total. The van der Waals surface area contributed by atoms with Crippen molar-refractivity contribution in [2.75, 3.05) is 12.3 Å². The fourth-order valence-electron chi connectivity index (χ4n) is 4.83. The molecule has 0 radical (unpaired) electrons. The van der Waals surface area contributed by atoms with Crippen molar-refractivity contribution in [3.8, 4) is 11.1 Å². The fourth-order valence-corrected chi connectivity index (χ4v) is 8.36. The summed E-state index contributed by atoms with van der Waals surface area (Å²) in [5.41, 5.74) is 4.04. The second kappa shape index (κ2) is 10.4. The Labute approximate surface area is 181 Å². The van der Waals surface area contributed by atoms with Crippen LogP contribution >= 0.6 is 7.14 Å². The third-order valence-electron chi connectivity index (χ3n) is 6.46. The van der Waals surface area contributed by atoms with E-state index in [2.05, 4.69) is 6.92 Å². The van der Waals surface area contributed by atoms with Gasteiger partial charge in [-0.3, -0.25) is 0 Å². The molecule has 0 aromatic heterocycles. The molecule has 162 valence electrons. The number of hydrogen-bond donors (Lipinski definition) is 1. The number of aromatic carboxylic acids is 1. The average Bonchev–Trinajstić information content (AvgIpc) is 2.73. The first-order valence-electron chi connectivity index (χ1n) is 11.4. The number of benzene rings is 2. The predicted molar refractivity (Wildman–Crippen MR) is 126 cm³/mol. The molecule has 1 aliphatic rings. The van der Waals surface area contributed by atoms with E-state index in [0.717, 1.165) is 47.4 Å². The number of carbonyl (C=O) groups is 1. The molecule has 2 aromatic carbocycles. The van der Waals surface area contributed by atoms with Gasteiger partial charge in [-0.05, 0) is 53.6 Å². The summed E-state index contributed by atoms with van der Waals surface area (Å²) in [4.78, 5) is 11.9. The Morgan fingerprint density at radius 3 is 2.47 bits per heavy atom. The van der Waals surface area contributed by atoms with Gasteiger partial charge in [-0.2, -0.15) is 0 Å². The molecule has 0 bridgehead atoms. The summed E-state index contributed by atoms with van der Waals surface area (Å²) in [6, 6.07) is 13.4. The average molecular weight is 427 g/mol. The van der Waals surface area contributed by atoms with Gasteiger partial charge in [0.2, 0.25) is 0 Å². The maximum absolute atomic E-state index is 14.0. The first kappa shape index (κ1) is 22.8. The van der Waals surface area contributed by atoms with Crippen LogP contribution in [0, 0.1) is 12.8 Å². The molecule has 0 heterocycles. The van der Waals surface area contributed by atoms with Gasteiger partial charge in [0.1, 0.15) is 0 Å². The van der Waals surface area contributed by atoms with Gasteiger partial charge in [-0.25, -0.2) is 4.79 Å². The van der Waals surface area contributed by atoms with E-state index in [4.69, 9.17) is 0 Å². The number of carboxylic acids is 1. The molecule has 1 saturated carbocycles. The highest BCUT2D eigenvalue weighted by Gasteiger charge is 2.28. The van der Waals surface area contributed by atoms with E-state index >= 15 is 0 Å². The Bertz CT molecular complexity index is 912. The van der Waals surface area contributed by atoms with E-state index in [9.17, 15) is 14.5 Å². The summed E-state index contributed by atoms with van der Waals surface area (Å²) < 4.78 is 14.0. The fraction of sp³-hybridized carbons (Fsp3) is 0.500. The highest BCUT2D eigenvalue weighted by atomic mass is 31.2. The number of hydrogen-bond acceptors (Lipinski definition) is 2. The van der Waals surface area contributed by atoms with Crippen LogP contribution < -0.4 is 0 Å². The normalized spacial score (nSPS) is 16.9. The zero-order valence-electron chi connectivity index (χ0n) is 18.4. The molecule has 2 aromatic rings. The summed E-state index contributed by atoms with van der Waals surface area (Å²) in [7, 11) is -2.34. The maximum Gasteiger partial charge on any atom is 0.336 e. The topological polar surface area (TPSA) is 54.4 Å². The molecule has 4 heteroatoms. The highest BCUT2D eigenvalue weighted by molar-refractivity contribution is 7.63. The minimum Gasteiger partial charge on any atom is -0.478 e. The number of carboxylic acid groups (broad SMARTS) is 1. The molecule has 3 rings (SSSR count). The van der Waals surface area contributed by atoms with Gasteiger partial charge in [-0.15, -0.1) is 0 Å². The van der Waals surface area contributed by atoms with Gasteiger partial charge >= 0.3 is 5.97 Å². The first-order valence-corrected chi connectivity index (χ1v) is 13.7. The number of aryl methyl sites for hydroxylation is 1. The lowest BCUT2D eigenvalue weighted by Gasteiger charge is -2.27. The van der Waals surface area contributed by atoms with Crippen LogP contribution in [0.15, 0.2) is 42.5 Å². The quantitative estimate of drug-likeness (QED) is 0.420. The number of rotatable bonds is 9. The second-order valence-corrected chi connectivity index (χ2v) is 12.2. The first-order chi connectivity index (χ1) is 14.4. The van der Waals surface area contributed by atoms with Crippen LogP contribution in [0.2, 0.25) is 0 Å². The van der Waals surface area contributed by atoms with Crippen LogP contribution in [-0.4, -0.2) is 23.4 Å². The van der Waals surface area contributed by atoms with Gasteiger partial charge in [0, 0.05) is 18.5 Å². The molecular weight excluding hydrogens is 391 g/mol. The van der Waals surface area contributed by atoms with Crippen molar-refractivity contribution in [3.05, 3.63) is 59.2 Å². The Balaban J connectivity index is 1.92. The van der Waals surface area contributed by atoms with E-state index in [1.165, 1.54) is 32.1 Å². The van der Waals surface area contributed by atoms with Gasteiger partial charge in [0.05, 0.1) is 12.7 Å². The van der Waals surface area contributed by atoms with Crippen molar-refractivity contribution >= 4 is 13.1 Å². The van der Waals surface area contributed by atoms with Crippen molar-refractivity contribution in [2.24, 2.45) is 5.92 Å². The van der Waals surface area contributed by atoms with Crippen molar-refractivity contribution in [3.63, 3.8) is 0 Å². The molecule has 0 saturated heterocycles. The summed E-state index contributed by atoms with van der Waals surface area (Å²) in [6.45, 7) is 4.16. The van der Waals surface area contributed by atoms with Crippen LogP contribution in [0.3, 0.4) is 0 Å². The summed E-state index contributed by atoms with van der Waals surface area (Å²) >= 11 is 0. The lowest BCUT2D eigenvalue weighted by molar-refractivity contribution is 0.0697. The van der Waals surface area contributed by atoms with Crippen molar-refractivity contribution in [1.82, 2.24) is 0 Å². The largest absolute Gasteiger partial charge is 0.478 e. The maximum atomic E-state index is 14.0. The van der Waals surface area contributed by atoms with Gasteiger partial charge < -0.3 is 9.67 Å². The standard InChI is InChI=1S/C26H35O3P/c1-3-4-16-30(29,18-21-11-6-5-7-12-21)19-22-14-15-24(26(27)28)25(17-22)23-13-9-8-10-20(23)2/h8-10,13-15,17,21H,3-7,11-12,16,18-19H2,1-2H3,(H,27,28). The molecule has 0 aliphatic heterocycles. The Hall–Kier alpha value is -1.86. The van der Waals surface area contributed by atoms with Crippen LogP contribution in [0.4, 0.5) is 0 Å². The predicted octanol–water partition coefficient (Wildman–Crippen LogP) is 7.60. The molecule has 1 unspecified atom stereocenters. The van der Waals surface area contributed by atoms with E-state index in [1.807, 2.05) is 43.3 Å². The molecule has 1 aliphatic carbocycles. The van der Waals surface area contributed by atoms with Crippen LogP contribution in [0.5, 0.6) is 0 Å². The molecule has 30 heavy (non-hydrogen) atoms. The zero-order chi connectivity index (χ0) is 21.6. The molecule has 1 fully saturated rings. The minimum absolute atomic E-state index is 0.309. The number of unbranched alkanes of at least 4 members (excludes halogenated alkanes) is 1. The minimum atomic E-state index is -2.34. The van der Waals surface area contributed by atoms with Gasteiger partial charge in [-0.1, -0.05) is 75.8 Å². The van der Waals surface area contributed by atoms with Crippen LogP contribution in [0.25, 0.3) is 11.1 Å². The van der Waals surface area contributed by atoms with E-state index < -0.39 is 13.1 Å². The van der Waals surface area contributed by atoms with Crippen molar-refractivity contribution in [1.29, 1.82) is 0 Å². The van der Waals surface area contributed by atoms with Gasteiger partial charge in [0.25, 0.3) is 0 Å². The van der Waals surface area contributed by atoms with E-state index in [0.29, 0.717) is 17.6 Å². The highest BCUT2D eigenvalue weighted by Crippen LogP contribution is 2.53. The lowest BCUT2D eigenvalue weighted by atomic mass is 9.91. The van der Waals surface area contributed by atoms with Crippen molar-refractivity contribution < 1.29 is 14.5 Å². The molecule has 1 atom stereocenters. The molecule has 3 nitrogen and oxygen atoms in total. The Morgan fingerprint density at radius 2 is 1.80 bits per heavy atom. The smallest absolute Gasteiger partial charge is 0.336 e. The second-order valence-electron chi connectivity index (χ2n) is 8.98. The molecular formula is C26H35O3P. The van der Waals surface area contributed by atoms with Crippen molar-refractivity contribution in [2.45, 2.75) is 65.0 Å². The van der Waals surface area contributed by atoms with Crippen LogP contribution in [-0.2, 0) is 10.7 Å². The Kier molecular flexibility index (Phi) is 7.94. The van der Waals surface area contributed by atoms with E-state index in [1.54, 1.807) is 6.07 Å². The van der Waals surface area contributed by atoms with Crippen LogP contribution in [0.1, 0.15) is 73.4 Å². The Morgan fingerprint density at radius 1 is 1.07 bits per heavy atom. The monoisotopic (exact) mass is 426 g/mol.